The summed E-state index contributed by atoms with van der Waals surface area (Å²) in [6, 6.07) is 17.5. The second kappa shape index (κ2) is 8.88. The molecule has 2 aromatic rings. The van der Waals surface area contributed by atoms with Crippen LogP contribution in [0, 0.1) is 0 Å². The Morgan fingerprint density at radius 3 is 2.56 bits per heavy atom. The lowest BCUT2D eigenvalue weighted by molar-refractivity contribution is 0.187. The molecule has 1 heterocycles. The normalized spacial score (nSPS) is 18.1. The van der Waals surface area contributed by atoms with Crippen LogP contribution in [0.15, 0.2) is 48.5 Å². The summed E-state index contributed by atoms with van der Waals surface area (Å²) >= 11 is 0. The van der Waals surface area contributed by atoms with Gasteiger partial charge in [0, 0.05) is 32.2 Å². The van der Waals surface area contributed by atoms with Crippen LogP contribution in [0.1, 0.15) is 17.5 Å². The molecule has 0 radical (unpaired) electrons. The van der Waals surface area contributed by atoms with E-state index in [1.54, 1.807) is 14.2 Å². The third-order valence-corrected chi connectivity index (χ3v) is 4.82. The number of hydrogen-bond donors (Lipinski definition) is 1. The molecule has 4 nitrogen and oxygen atoms in total. The highest BCUT2D eigenvalue weighted by molar-refractivity contribution is 5.42. The summed E-state index contributed by atoms with van der Waals surface area (Å²) in [5, 5.41) is 3.66. The Morgan fingerprint density at radius 2 is 1.80 bits per heavy atom. The Kier molecular flexibility index (Phi) is 6.31. The molecule has 0 aromatic heterocycles. The molecule has 1 saturated heterocycles. The second-order valence-corrected chi connectivity index (χ2v) is 6.60. The lowest BCUT2D eigenvalue weighted by atomic mass is 10.0. The predicted octanol–water partition coefficient (Wildman–Crippen LogP) is 3.11. The predicted molar refractivity (Wildman–Crippen MR) is 101 cm³/mol. The van der Waals surface area contributed by atoms with E-state index in [0.29, 0.717) is 6.04 Å². The van der Waals surface area contributed by atoms with Crippen LogP contribution in [0.5, 0.6) is 11.5 Å². The van der Waals surface area contributed by atoms with Crippen LogP contribution < -0.4 is 14.8 Å². The average Bonchev–Trinajstić information content (AvgIpc) is 2.67. The first-order chi connectivity index (χ1) is 12.3. The maximum absolute atomic E-state index is 5.40. The van der Waals surface area contributed by atoms with E-state index < -0.39 is 0 Å². The third-order valence-electron chi connectivity index (χ3n) is 4.82. The minimum atomic E-state index is 0.533. The zero-order chi connectivity index (χ0) is 17.5. The maximum atomic E-state index is 5.40. The van der Waals surface area contributed by atoms with E-state index >= 15 is 0 Å². The number of methoxy groups -OCH3 is 2. The Labute approximate surface area is 150 Å². The Bertz CT molecular complexity index is 660. The van der Waals surface area contributed by atoms with Crippen LogP contribution in [0.25, 0.3) is 0 Å². The number of nitrogens with zero attached hydrogens (tertiary/aromatic N) is 1. The van der Waals surface area contributed by atoms with Gasteiger partial charge in [-0.3, -0.25) is 4.90 Å². The van der Waals surface area contributed by atoms with E-state index in [-0.39, 0.29) is 0 Å². The van der Waals surface area contributed by atoms with Crippen LogP contribution in [0.3, 0.4) is 0 Å². The van der Waals surface area contributed by atoms with Crippen LogP contribution in [-0.2, 0) is 13.0 Å². The van der Waals surface area contributed by atoms with Crippen molar-refractivity contribution >= 4 is 0 Å². The van der Waals surface area contributed by atoms with Gasteiger partial charge in [-0.15, -0.1) is 0 Å². The number of benzene rings is 2. The minimum absolute atomic E-state index is 0.533. The van der Waals surface area contributed by atoms with Crippen molar-refractivity contribution in [2.24, 2.45) is 0 Å². The van der Waals surface area contributed by atoms with Gasteiger partial charge in [0.25, 0.3) is 0 Å². The van der Waals surface area contributed by atoms with Gasteiger partial charge in [0.15, 0.2) is 11.5 Å². The van der Waals surface area contributed by atoms with E-state index in [0.717, 1.165) is 50.5 Å². The molecule has 0 bridgehead atoms. The number of piperazine rings is 1. The molecule has 1 unspecified atom stereocenters. The molecule has 2 aromatic carbocycles. The molecule has 0 saturated carbocycles. The molecule has 134 valence electrons. The van der Waals surface area contributed by atoms with E-state index in [1.807, 2.05) is 6.07 Å². The van der Waals surface area contributed by atoms with E-state index in [9.17, 15) is 0 Å². The van der Waals surface area contributed by atoms with Crippen molar-refractivity contribution in [3.05, 3.63) is 59.7 Å². The first kappa shape index (κ1) is 17.8. The highest BCUT2D eigenvalue weighted by atomic mass is 16.5. The van der Waals surface area contributed by atoms with Gasteiger partial charge in [-0.1, -0.05) is 36.4 Å². The molecule has 1 fully saturated rings. The fraction of sp³-hybridized carbons (Fsp3) is 0.429. The fourth-order valence-corrected chi connectivity index (χ4v) is 3.45. The molecule has 1 N–H and O–H groups in total. The number of hydrogen-bond acceptors (Lipinski definition) is 4. The quantitative estimate of drug-likeness (QED) is 0.840. The third kappa shape index (κ3) is 4.97. The zero-order valence-corrected chi connectivity index (χ0v) is 15.2. The molecule has 1 aliphatic rings. The molecular formula is C21H28N2O2. The van der Waals surface area contributed by atoms with Gasteiger partial charge in [-0.25, -0.2) is 0 Å². The largest absolute Gasteiger partial charge is 0.493 e. The van der Waals surface area contributed by atoms with Gasteiger partial charge >= 0.3 is 0 Å². The highest BCUT2D eigenvalue weighted by Crippen LogP contribution is 2.28. The Morgan fingerprint density at radius 1 is 1.00 bits per heavy atom. The van der Waals surface area contributed by atoms with Gasteiger partial charge in [0.2, 0.25) is 0 Å². The molecule has 0 amide bonds. The fourth-order valence-electron chi connectivity index (χ4n) is 3.45. The molecule has 0 aliphatic carbocycles. The number of ether oxygens (including phenoxy) is 2. The van der Waals surface area contributed by atoms with Crippen LogP contribution in [-0.4, -0.2) is 44.8 Å². The molecule has 4 heteroatoms. The van der Waals surface area contributed by atoms with Crippen molar-refractivity contribution in [2.75, 3.05) is 33.9 Å². The number of rotatable bonds is 7. The topological polar surface area (TPSA) is 33.7 Å². The summed E-state index contributed by atoms with van der Waals surface area (Å²) in [6.07, 6.45) is 2.16. The van der Waals surface area contributed by atoms with Gasteiger partial charge in [-0.2, -0.15) is 0 Å². The molecule has 3 rings (SSSR count). The summed E-state index contributed by atoms with van der Waals surface area (Å²) in [4.78, 5) is 2.55. The second-order valence-electron chi connectivity index (χ2n) is 6.60. The monoisotopic (exact) mass is 340 g/mol. The van der Waals surface area contributed by atoms with Gasteiger partial charge in [0.05, 0.1) is 14.2 Å². The highest BCUT2D eigenvalue weighted by Gasteiger charge is 2.19. The van der Waals surface area contributed by atoms with Crippen molar-refractivity contribution in [2.45, 2.75) is 25.4 Å². The standard InChI is InChI=1S/C21H28N2O2/c1-24-20-11-9-17(14-21(20)25-2)8-10-19-16-23(13-12-22-19)15-18-6-4-3-5-7-18/h3-7,9,11,14,19,22H,8,10,12-13,15-16H2,1-2H3. The van der Waals surface area contributed by atoms with Crippen molar-refractivity contribution < 1.29 is 9.47 Å². The molecule has 0 spiro atoms. The minimum Gasteiger partial charge on any atom is -0.493 e. The van der Waals surface area contributed by atoms with E-state index in [4.69, 9.17) is 9.47 Å². The Balaban J connectivity index is 1.53. The summed E-state index contributed by atoms with van der Waals surface area (Å²) < 4.78 is 10.7. The zero-order valence-electron chi connectivity index (χ0n) is 15.2. The molecular weight excluding hydrogens is 312 g/mol. The Hall–Kier alpha value is -2.04. The summed E-state index contributed by atoms with van der Waals surface area (Å²) in [7, 11) is 3.36. The van der Waals surface area contributed by atoms with Crippen molar-refractivity contribution in [3.8, 4) is 11.5 Å². The summed E-state index contributed by atoms with van der Waals surface area (Å²) in [5.41, 5.74) is 2.68. The average molecular weight is 340 g/mol. The van der Waals surface area contributed by atoms with Gasteiger partial charge in [0.1, 0.15) is 0 Å². The first-order valence-electron chi connectivity index (χ1n) is 8.99. The molecule has 1 aliphatic heterocycles. The SMILES string of the molecule is COc1ccc(CCC2CN(Cc3ccccc3)CCN2)cc1OC. The molecule has 25 heavy (non-hydrogen) atoms. The van der Waals surface area contributed by atoms with Gasteiger partial charge in [-0.05, 0) is 36.1 Å². The summed E-state index contributed by atoms with van der Waals surface area (Å²) in [5.74, 6) is 1.60. The van der Waals surface area contributed by atoms with Crippen LogP contribution in [0.4, 0.5) is 0 Å². The number of aryl methyl sites for hydroxylation is 1. The van der Waals surface area contributed by atoms with Crippen molar-refractivity contribution in [1.82, 2.24) is 10.2 Å². The first-order valence-corrected chi connectivity index (χ1v) is 8.99. The van der Waals surface area contributed by atoms with Crippen molar-refractivity contribution in [3.63, 3.8) is 0 Å². The van der Waals surface area contributed by atoms with E-state index in [2.05, 4.69) is 52.7 Å². The maximum Gasteiger partial charge on any atom is 0.160 e. The lowest BCUT2D eigenvalue weighted by Crippen LogP contribution is -2.50. The van der Waals surface area contributed by atoms with Crippen LogP contribution in [0.2, 0.25) is 0 Å². The van der Waals surface area contributed by atoms with Crippen LogP contribution >= 0.6 is 0 Å². The number of nitrogens with one attached hydrogen (secondary N) is 1. The smallest absolute Gasteiger partial charge is 0.160 e. The van der Waals surface area contributed by atoms with E-state index in [1.165, 1.54) is 11.1 Å². The molecule has 1 atom stereocenters. The van der Waals surface area contributed by atoms with Gasteiger partial charge < -0.3 is 14.8 Å². The lowest BCUT2D eigenvalue weighted by Gasteiger charge is -2.34. The summed E-state index contributed by atoms with van der Waals surface area (Å²) in [6.45, 7) is 4.31. The van der Waals surface area contributed by atoms with Crippen molar-refractivity contribution in [1.29, 1.82) is 0 Å².